The number of hydrogen-bond donors (Lipinski definition) is 1. The Bertz CT molecular complexity index is 621. The second-order valence-corrected chi connectivity index (χ2v) is 6.34. The Balaban J connectivity index is 1.82. The van der Waals surface area contributed by atoms with Gasteiger partial charge in [0.1, 0.15) is 5.75 Å². The number of carbonyl (C=O) groups excluding carboxylic acids is 1. The molecule has 0 bridgehead atoms. The van der Waals surface area contributed by atoms with Gasteiger partial charge in [0, 0.05) is 13.1 Å². The first-order valence-electron chi connectivity index (χ1n) is 7.65. The summed E-state index contributed by atoms with van der Waals surface area (Å²) < 4.78 is 5.36. The van der Waals surface area contributed by atoms with E-state index >= 15 is 0 Å². The molecule has 1 aliphatic heterocycles. The molecular formula is C17H21NO4. The molecule has 0 aromatic heterocycles. The number of carboxylic acids is 1. The van der Waals surface area contributed by atoms with E-state index in [4.69, 9.17) is 9.84 Å². The van der Waals surface area contributed by atoms with Gasteiger partial charge < -0.3 is 14.7 Å². The number of likely N-dealkylation sites (tertiary alicyclic amines) is 1. The molecule has 0 spiro atoms. The second-order valence-electron chi connectivity index (χ2n) is 6.34. The molecule has 1 saturated heterocycles. The van der Waals surface area contributed by atoms with E-state index in [0.717, 1.165) is 29.7 Å². The van der Waals surface area contributed by atoms with Crippen molar-refractivity contribution in [3.8, 4) is 5.75 Å². The molecule has 1 heterocycles. The van der Waals surface area contributed by atoms with Gasteiger partial charge in [0.05, 0.1) is 18.4 Å². The first-order chi connectivity index (χ1) is 10.5. The maximum Gasteiger partial charge on any atom is 0.308 e. The number of methoxy groups -OCH3 is 1. The van der Waals surface area contributed by atoms with Crippen LogP contribution in [0.2, 0.25) is 0 Å². The van der Waals surface area contributed by atoms with E-state index in [1.807, 2.05) is 25.1 Å². The number of amides is 1. The molecule has 1 amide bonds. The number of aryl methyl sites for hydroxylation is 1. The van der Waals surface area contributed by atoms with Gasteiger partial charge in [0.25, 0.3) is 0 Å². The van der Waals surface area contributed by atoms with Crippen LogP contribution in [0.25, 0.3) is 0 Å². The molecule has 1 aromatic rings. The maximum absolute atomic E-state index is 12.9. The minimum atomic E-state index is -0.808. The quantitative estimate of drug-likeness (QED) is 0.923. The Labute approximate surface area is 129 Å². The van der Waals surface area contributed by atoms with Crippen LogP contribution in [-0.2, 0) is 15.0 Å². The van der Waals surface area contributed by atoms with E-state index in [-0.39, 0.29) is 5.91 Å². The van der Waals surface area contributed by atoms with Crippen molar-refractivity contribution in [2.45, 2.75) is 31.6 Å². The van der Waals surface area contributed by atoms with E-state index in [0.29, 0.717) is 19.5 Å². The van der Waals surface area contributed by atoms with Crippen LogP contribution in [0.3, 0.4) is 0 Å². The van der Waals surface area contributed by atoms with Gasteiger partial charge in [-0.25, -0.2) is 0 Å². The molecule has 5 heteroatoms. The number of hydrogen-bond acceptors (Lipinski definition) is 3. The second kappa shape index (κ2) is 5.30. The summed E-state index contributed by atoms with van der Waals surface area (Å²) in [5.41, 5.74) is 1.56. The monoisotopic (exact) mass is 303 g/mol. The summed E-state index contributed by atoms with van der Waals surface area (Å²) in [6.07, 6.45) is 2.20. The molecule has 0 unspecified atom stereocenters. The van der Waals surface area contributed by atoms with Crippen LogP contribution < -0.4 is 4.74 Å². The van der Waals surface area contributed by atoms with Crippen LogP contribution in [0.4, 0.5) is 0 Å². The van der Waals surface area contributed by atoms with E-state index in [2.05, 4.69) is 0 Å². The van der Waals surface area contributed by atoms with Crippen LogP contribution >= 0.6 is 0 Å². The molecule has 0 radical (unpaired) electrons. The van der Waals surface area contributed by atoms with Crippen molar-refractivity contribution in [3.05, 3.63) is 29.3 Å². The Hall–Kier alpha value is -2.04. The Morgan fingerprint density at radius 3 is 2.64 bits per heavy atom. The summed E-state index contributed by atoms with van der Waals surface area (Å²) in [5, 5.41) is 9.09. The Morgan fingerprint density at radius 1 is 1.36 bits per heavy atom. The molecule has 1 aliphatic carbocycles. The zero-order valence-corrected chi connectivity index (χ0v) is 13.0. The highest BCUT2D eigenvalue weighted by Gasteiger charge is 2.54. The maximum atomic E-state index is 12.9. The summed E-state index contributed by atoms with van der Waals surface area (Å²) >= 11 is 0. The fourth-order valence-corrected chi connectivity index (χ4v) is 3.32. The third-order valence-electron chi connectivity index (χ3n) is 4.94. The third-order valence-corrected chi connectivity index (χ3v) is 4.94. The zero-order chi connectivity index (χ0) is 15.9. The fourth-order valence-electron chi connectivity index (χ4n) is 3.32. The molecule has 1 N–H and O–H groups in total. The summed E-state index contributed by atoms with van der Waals surface area (Å²) in [4.78, 5) is 25.7. The van der Waals surface area contributed by atoms with Gasteiger partial charge in [0.2, 0.25) is 5.91 Å². The molecule has 3 rings (SSSR count). The molecule has 2 fully saturated rings. The van der Waals surface area contributed by atoms with Crippen molar-refractivity contribution in [1.82, 2.24) is 4.90 Å². The predicted molar refractivity (Wildman–Crippen MR) is 81.0 cm³/mol. The van der Waals surface area contributed by atoms with Crippen LogP contribution in [0.5, 0.6) is 5.75 Å². The molecule has 1 saturated carbocycles. The average Bonchev–Trinajstić information content (AvgIpc) is 3.16. The van der Waals surface area contributed by atoms with Crippen molar-refractivity contribution in [1.29, 1.82) is 0 Å². The van der Waals surface area contributed by atoms with Gasteiger partial charge in [-0.3, -0.25) is 9.59 Å². The largest absolute Gasteiger partial charge is 0.496 e. The fraction of sp³-hybridized carbons (Fsp3) is 0.529. The molecule has 22 heavy (non-hydrogen) atoms. The topological polar surface area (TPSA) is 66.8 Å². The van der Waals surface area contributed by atoms with Crippen LogP contribution in [-0.4, -0.2) is 42.1 Å². The first-order valence-corrected chi connectivity index (χ1v) is 7.65. The molecule has 2 aliphatic rings. The summed E-state index contributed by atoms with van der Waals surface area (Å²) in [7, 11) is 1.63. The number of carboxylic acid groups (broad SMARTS) is 1. The van der Waals surface area contributed by atoms with Crippen molar-refractivity contribution in [3.63, 3.8) is 0 Å². The van der Waals surface area contributed by atoms with Crippen molar-refractivity contribution >= 4 is 11.9 Å². The normalized spacial score (nSPS) is 22.5. The average molecular weight is 303 g/mol. The number of rotatable bonds is 4. The predicted octanol–water partition coefficient (Wildman–Crippen LogP) is 1.97. The van der Waals surface area contributed by atoms with Gasteiger partial charge in [-0.1, -0.05) is 12.1 Å². The lowest BCUT2D eigenvalue weighted by Crippen LogP contribution is -2.38. The van der Waals surface area contributed by atoms with Crippen molar-refractivity contribution in [2.75, 3.05) is 20.2 Å². The van der Waals surface area contributed by atoms with Gasteiger partial charge in [-0.05, 0) is 43.4 Å². The molecule has 1 aromatic carbocycles. The van der Waals surface area contributed by atoms with E-state index in [9.17, 15) is 9.59 Å². The van der Waals surface area contributed by atoms with Gasteiger partial charge in [-0.2, -0.15) is 0 Å². The highest BCUT2D eigenvalue weighted by atomic mass is 16.5. The van der Waals surface area contributed by atoms with E-state index in [1.165, 1.54) is 0 Å². The Kier molecular flexibility index (Phi) is 3.59. The molecule has 118 valence electrons. The lowest BCUT2D eigenvalue weighted by molar-refractivity contribution is -0.141. The van der Waals surface area contributed by atoms with Gasteiger partial charge >= 0.3 is 5.97 Å². The van der Waals surface area contributed by atoms with Crippen LogP contribution in [0.15, 0.2) is 18.2 Å². The number of carbonyl (C=O) groups is 2. The molecular weight excluding hydrogens is 282 g/mol. The third kappa shape index (κ3) is 2.34. The number of ether oxygens (including phenoxy) is 1. The van der Waals surface area contributed by atoms with Gasteiger partial charge in [-0.15, -0.1) is 0 Å². The highest BCUT2D eigenvalue weighted by Crippen LogP contribution is 2.51. The SMILES string of the molecule is COc1cc(C2(C(=O)N3CC[C@@H](C(=O)O)C3)CC2)ccc1C. The number of nitrogens with zero attached hydrogens (tertiary/aromatic N) is 1. The number of benzene rings is 1. The lowest BCUT2D eigenvalue weighted by Gasteiger charge is -2.24. The zero-order valence-electron chi connectivity index (χ0n) is 13.0. The lowest BCUT2D eigenvalue weighted by atomic mass is 9.93. The van der Waals surface area contributed by atoms with Crippen molar-refractivity contribution < 1.29 is 19.4 Å². The van der Waals surface area contributed by atoms with Crippen LogP contribution in [0, 0.1) is 12.8 Å². The number of aliphatic carboxylic acids is 1. The minimum Gasteiger partial charge on any atom is -0.496 e. The van der Waals surface area contributed by atoms with Crippen LogP contribution in [0.1, 0.15) is 30.4 Å². The highest BCUT2D eigenvalue weighted by molar-refractivity contribution is 5.92. The summed E-state index contributed by atoms with van der Waals surface area (Å²) in [6, 6.07) is 5.92. The Morgan fingerprint density at radius 2 is 2.09 bits per heavy atom. The first kappa shape index (κ1) is 14.9. The van der Waals surface area contributed by atoms with E-state index < -0.39 is 17.3 Å². The van der Waals surface area contributed by atoms with E-state index in [1.54, 1.807) is 12.0 Å². The molecule has 5 nitrogen and oxygen atoms in total. The summed E-state index contributed by atoms with van der Waals surface area (Å²) in [6.45, 7) is 2.85. The van der Waals surface area contributed by atoms with Gasteiger partial charge in [0.15, 0.2) is 0 Å². The summed E-state index contributed by atoms with van der Waals surface area (Å²) in [5.74, 6) is -0.368. The van der Waals surface area contributed by atoms with Crippen molar-refractivity contribution in [2.24, 2.45) is 5.92 Å². The molecule has 1 atom stereocenters. The smallest absolute Gasteiger partial charge is 0.308 e. The standard InChI is InChI=1S/C17H21NO4/c1-11-3-4-13(9-14(11)22-2)17(6-7-17)16(21)18-8-5-12(10-18)15(19)20/h3-4,9,12H,5-8,10H2,1-2H3,(H,19,20)/t12-/m1/s1. The minimum absolute atomic E-state index is 0.0714.